The third-order valence-electron chi connectivity index (χ3n) is 14.8. The summed E-state index contributed by atoms with van der Waals surface area (Å²) in [6.07, 6.45) is 7.67. The Kier molecular flexibility index (Phi) is 8.77. The number of likely N-dealkylation sites (N-methyl/N-ethyl adjacent to an activating group) is 1. The van der Waals surface area contributed by atoms with E-state index in [1.807, 2.05) is 37.1 Å². The molecular formula is C45H54N4O8. The molecule has 2 aromatic carbocycles. The number of esters is 3. The van der Waals surface area contributed by atoms with Crippen LogP contribution in [0.15, 0.2) is 60.2 Å². The van der Waals surface area contributed by atoms with Crippen molar-refractivity contribution in [2.24, 2.45) is 11.3 Å². The summed E-state index contributed by atoms with van der Waals surface area (Å²) in [5, 5.41) is 14.4. The fraction of sp³-hybridized carbons (Fsp3) is 0.533. The second-order valence-corrected chi connectivity index (χ2v) is 17.2. The third-order valence-corrected chi connectivity index (χ3v) is 14.8. The first-order valence-electron chi connectivity index (χ1n) is 20.3. The maximum atomic E-state index is 15.2. The summed E-state index contributed by atoms with van der Waals surface area (Å²) in [6, 6.07) is 11.2. The number of nitrogens with one attached hydrogen (secondary N) is 1. The first-order chi connectivity index (χ1) is 27.4. The summed E-state index contributed by atoms with van der Waals surface area (Å²) >= 11 is 0. The van der Waals surface area contributed by atoms with Gasteiger partial charge in [-0.15, -0.1) is 0 Å². The summed E-state index contributed by atoms with van der Waals surface area (Å²) in [6.45, 7) is 9.19. The highest BCUT2D eigenvalue weighted by atomic mass is 16.6. The number of hydrogen-bond donors (Lipinski definition) is 2. The number of rotatable bonds is 7. The van der Waals surface area contributed by atoms with E-state index >= 15 is 4.79 Å². The van der Waals surface area contributed by atoms with Gasteiger partial charge < -0.3 is 33.9 Å². The van der Waals surface area contributed by atoms with Crippen LogP contribution in [-0.2, 0) is 46.0 Å². The number of carbonyl (C=O) groups is 3. The van der Waals surface area contributed by atoms with Crippen LogP contribution in [0.1, 0.15) is 68.8 Å². The molecule has 2 fully saturated rings. The minimum atomic E-state index is -2.27. The highest BCUT2D eigenvalue weighted by Crippen LogP contribution is 2.68. The van der Waals surface area contributed by atoms with Gasteiger partial charge in [0.15, 0.2) is 6.10 Å². The monoisotopic (exact) mass is 778 g/mol. The molecule has 1 aromatic heterocycles. The number of para-hydroxylation sites is 1. The predicted molar refractivity (Wildman–Crippen MR) is 214 cm³/mol. The van der Waals surface area contributed by atoms with Crippen LogP contribution in [0.2, 0.25) is 0 Å². The van der Waals surface area contributed by atoms with Gasteiger partial charge in [-0.3, -0.25) is 19.4 Å². The lowest BCUT2D eigenvalue weighted by molar-refractivity contribution is -0.228. The Morgan fingerprint density at radius 1 is 1.00 bits per heavy atom. The van der Waals surface area contributed by atoms with Crippen molar-refractivity contribution in [1.29, 1.82) is 0 Å². The normalized spacial score (nSPS) is 34.9. The highest BCUT2D eigenvalue weighted by molar-refractivity contribution is 5.95. The van der Waals surface area contributed by atoms with Gasteiger partial charge in [0, 0.05) is 90.9 Å². The van der Waals surface area contributed by atoms with Crippen LogP contribution in [0.3, 0.4) is 0 Å². The number of methoxy groups -OCH3 is 3. The van der Waals surface area contributed by atoms with Gasteiger partial charge in [0.2, 0.25) is 5.60 Å². The molecule has 9 atom stereocenters. The molecule has 1 aliphatic carbocycles. The van der Waals surface area contributed by atoms with E-state index in [0.717, 1.165) is 52.9 Å². The lowest BCUT2D eigenvalue weighted by Crippen LogP contribution is -2.81. The zero-order valence-electron chi connectivity index (χ0n) is 34.0. The molecule has 3 unspecified atom stereocenters. The molecule has 1 spiro atoms. The number of nitrogens with zero attached hydrogens (tertiary/aromatic N) is 3. The summed E-state index contributed by atoms with van der Waals surface area (Å²) in [7, 11) is 6.22. The van der Waals surface area contributed by atoms with Gasteiger partial charge in [0.25, 0.3) is 0 Å². The van der Waals surface area contributed by atoms with Crippen molar-refractivity contribution in [1.82, 2.24) is 14.8 Å². The van der Waals surface area contributed by atoms with E-state index in [2.05, 4.69) is 58.1 Å². The standard InChI is InChI=1S/C45H54N4O8/c1-8-27-19-28-22-44(40(51)55-6,36-30(25-48(23-27)24-28)29-13-10-11-14-33(29)46-36)32-20-31-34(21-35(32)54-5)47(4)38-43(31)16-18-49-17-12-15-42(9-2,37(43)49)39(57-26(3)50)45(38,53)41(52)56-7/h10-15,19-21,28,37-39,46,53H,8-9,16-18,22-25H2,1-7H3/t28-,37-,38?,39+,42+,43+,44-,45?/m0/s1. The Labute approximate surface area is 333 Å². The van der Waals surface area contributed by atoms with Gasteiger partial charge in [-0.2, -0.15) is 0 Å². The lowest BCUT2D eigenvalue weighted by atomic mass is 9.47. The lowest BCUT2D eigenvalue weighted by Gasteiger charge is -2.63. The molecule has 2 bridgehead atoms. The number of aromatic nitrogens is 1. The summed E-state index contributed by atoms with van der Waals surface area (Å²) in [4.78, 5) is 53.1. The molecule has 5 aliphatic heterocycles. The third kappa shape index (κ3) is 4.80. The van der Waals surface area contributed by atoms with Crippen molar-refractivity contribution in [2.75, 3.05) is 59.5 Å². The minimum Gasteiger partial charge on any atom is -0.496 e. The Bertz CT molecular complexity index is 2250. The van der Waals surface area contributed by atoms with E-state index < -0.39 is 45.9 Å². The maximum absolute atomic E-state index is 15.2. The fourth-order valence-electron chi connectivity index (χ4n) is 12.8. The van der Waals surface area contributed by atoms with Crippen LogP contribution in [0.5, 0.6) is 5.75 Å². The molecule has 1 saturated heterocycles. The van der Waals surface area contributed by atoms with Crippen molar-refractivity contribution >= 4 is 34.5 Å². The number of carbonyl (C=O) groups excluding carboxylic acids is 3. The molecule has 6 heterocycles. The molecular weight excluding hydrogens is 725 g/mol. The van der Waals surface area contributed by atoms with Crippen LogP contribution < -0.4 is 9.64 Å². The summed E-state index contributed by atoms with van der Waals surface area (Å²) < 4.78 is 23.9. The molecule has 12 nitrogen and oxygen atoms in total. The molecule has 57 heavy (non-hydrogen) atoms. The Balaban J connectivity index is 1.37. The second kappa shape index (κ2) is 13.2. The van der Waals surface area contributed by atoms with E-state index in [1.165, 1.54) is 26.7 Å². The topological polar surface area (TPSA) is 134 Å². The van der Waals surface area contributed by atoms with Gasteiger partial charge in [-0.05, 0) is 61.4 Å². The molecule has 302 valence electrons. The van der Waals surface area contributed by atoms with Crippen LogP contribution in [0.25, 0.3) is 10.9 Å². The van der Waals surface area contributed by atoms with Crippen molar-refractivity contribution in [3.05, 3.63) is 82.6 Å². The average Bonchev–Trinajstić information content (AvgIpc) is 3.87. The van der Waals surface area contributed by atoms with Crippen LogP contribution >= 0.6 is 0 Å². The molecule has 2 N–H and O–H groups in total. The van der Waals surface area contributed by atoms with Crippen LogP contribution in [0.4, 0.5) is 5.69 Å². The van der Waals surface area contributed by atoms with Gasteiger partial charge in [-0.1, -0.05) is 55.8 Å². The Morgan fingerprint density at radius 3 is 2.47 bits per heavy atom. The number of H-pyrrole nitrogens is 1. The molecule has 0 amide bonds. The SMILES string of the molecule is CCC1=C[C@@H]2CN(C1)Cc1c([nH]c3ccccc13)[C@@](C(=O)OC)(c1cc3c(cc1OC)N(C)C1C(O)(C(=O)OC)[C@H](OC(C)=O)[C@]4(CC)C=CCN5CC[C@]31[C@@H]54)C2. The smallest absolute Gasteiger partial charge is 0.344 e. The number of ether oxygens (including phenoxy) is 4. The van der Waals surface area contributed by atoms with Crippen molar-refractivity contribution in [3.8, 4) is 5.75 Å². The van der Waals surface area contributed by atoms with E-state index in [4.69, 9.17) is 18.9 Å². The largest absolute Gasteiger partial charge is 0.496 e. The van der Waals surface area contributed by atoms with E-state index in [0.29, 0.717) is 50.2 Å². The van der Waals surface area contributed by atoms with Gasteiger partial charge in [-0.25, -0.2) is 4.79 Å². The predicted octanol–water partition coefficient (Wildman–Crippen LogP) is 4.75. The average molecular weight is 779 g/mol. The van der Waals surface area contributed by atoms with E-state index in [9.17, 15) is 14.7 Å². The van der Waals surface area contributed by atoms with Crippen LogP contribution in [0, 0.1) is 11.3 Å². The molecule has 12 heteroatoms. The minimum absolute atomic E-state index is 0.0284. The molecule has 6 aliphatic rings. The van der Waals surface area contributed by atoms with Crippen molar-refractivity contribution in [2.45, 2.75) is 87.6 Å². The highest BCUT2D eigenvalue weighted by Gasteiger charge is 2.80. The van der Waals surface area contributed by atoms with Gasteiger partial charge in [0.05, 0.1) is 27.4 Å². The van der Waals surface area contributed by atoms with Crippen molar-refractivity contribution in [3.63, 3.8) is 0 Å². The number of aromatic amines is 1. The number of aliphatic hydroxyl groups is 1. The zero-order chi connectivity index (χ0) is 40.2. The first-order valence-corrected chi connectivity index (χ1v) is 20.3. The van der Waals surface area contributed by atoms with E-state index in [1.54, 1.807) is 7.11 Å². The zero-order valence-corrected chi connectivity index (χ0v) is 34.0. The molecule has 0 radical (unpaired) electrons. The summed E-state index contributed by atoms with van der Waals surface area (Å²) in [5.41, 5.74) is 1.05. The molecule has 9 rings (SSSR count). The first kappa shape index (κ1) is 37.9. The molecule has 1 saturated carbocycles. The van der Waals surface area contributed by atoms with E-state index in [-0.39, 0.29) is 17.9 Å². The van der Waals surface area contributed by atoms with Gasteiger partial charge in [0.1, 0.15) is 11.2 Å². The molecule has 3 aromatic rings. The fourth-order valence-corrected chi connectivity index (χ4v) is 12.8. The number of benzene rings is 2. The Hall–Kier alpha value is -4.65. The van der Waals surface area contributed by atoms with Crippen LogP contribution in [-0.4, -0.2) is 116 Å². The second-order valence-electron chi connectivity index (χ2n) is 17.2. The van der Waals surface area contributed by atoms with Gasteiger partial charge >= 0.3 is 17.9 Å². The summed E-state index contributed by atoms with van der Waals surface area (Å²) in [5.74, 6) is -1.31. The number of hydrogen-bond acceptors (Lipinski definition) is 11. The maximum Gasteiger partial charge on any atom is 0.344 e. The van der Waals surface area contributed by atoms with Crippen molar-refractivity contribution < 1.29 is 38.4 Å². The number of anilines is 1. The quantitative estimate of drug-likeness (QED) is 0.196. The number of fused-ring (bicyclic) bond motifs is 6. The Morgan fingerprint density at radius 2 is 1.77 bits per heavy atom.